The summed E-state index contributed by atoms with van der Waals surface area (Å²) in [6.45, 7) is 0.367. The van der Waals surface area contributed by atoms with Crippen molar-refractivity contribution < 1.29 is 49.0 Å². The van der Waals surface area contributed by atoms with Crippen LogP contribution in [-0.4, -0.2) is 81.9 Å². The molecule has 2 aliphatic rings. The monoisotopic (exact) mass is 669 g/mol. The minimum atomic E-state index is -1.82. The molecule has 0 radical (unpaired) electrons. The lowest BCUT2D eigenvalue weighted by Gasteiger charge is -2.49. The predicted molar refractivity (Wildman–Crippen MR) is 162 cm³/mol. The van der Waals surface area contributed by atoms with Gasteiger partial charge in [-0.2, -0.15) is 0 Å². The van der Waals surface area contributed by atoms with Crippen molar-refractivity contribution in [3.8, 4) is 11.5 Å². The van der Waals surface area contributed by atoms with Gasteiger partial charge >= 0.3 is 11.9 Å². The number of fused-ring (bicyclic) bond motifs is 1. The summed E-state index contributed by atoms with van der Waals surface area (Å²) in [5.41, 5.74) is 10.8. The van der Waals surface area contributed by atoms with Crippen LogP contribution in [0.3, 0.4) is 0 Å². The normalized spacial score (nSPS) is 18.6. The number of nitrogen functional groups attached to an aromatic ring is 2. The van der Waals surface area contributed by atoms with E-state index in [1.54, 1.807) is 29.0 Å². The second-order valence-electron chi connectivity index (χ2n) is 9.71. The van der Waals surface area contributed by atoms with E-state index in [1.807, 2.05) is 0 Å². The van der Waals surface area contributed by atoms with Gasteiger partial charge in [-0.1, -0.05) is 17.3 Å². The molecule has 2 amide bonds. The number of carboxylic acid groups (broad SMARTS) is 2. The van der Waals surface area contributed by atoms with Crippen LogP contribution in [0.5, 0.6) is 11.5 Å². The Morgan fingerprint density at radius 2 is 2.00 bits per heavy atom. The quantitative estimate of drug-likeness (QED) is 0.0464. The van der Waals surface area contributed by atoms with Crippen molar-refractivity contribution in [3.63, 3.8) is 0 Å². The standard InChI is InChI=1S/C27H24N8O9S2/c28-17-5-7-34(11-30-17)6-1-2-13-9-45-24-19(23(39)35(24)20(13)25(40)41)32-22(38)18(14-10-46-27(29)31-14)33-44-21(26(42)43)12-3-4-15(36)16(37)8-12/h1-5,7-8,10-11,19,21,24,28H,6,9H2,(H7,29,31,32,33,36,37,38,40,41,42,43)/p+1/b2-1+/t19?,21?,24-/m1/s1. The number of phenols is 2. The number of aromatic hydroxyl groups is 2. The lowest BCUT2D eigenvalue weighted by molar-refractivity contribution is -0.689. The first-order valence-electron chi connectivity index (χ1n) is 13.1. The smallest absolute Gasteiger partial charge is 0.352 e. The molecule has 4 heterocycles. The lowest BCUT2D eigenvalue weighted by atomic mass is 10.0. The number of benzene rings is 1. The minimum Gasteiger partial charge on any atom is -0.504 e. The van der Waals surface area contributed by atoms with Crippen LogP contribution in [0.15, 0.2) is 70.7 Å². The number of nitrogens with zero attached hydrogens (tertiary/aromatic N) is 5. The summed E-state index contributed by atoms with van der Waals surface area (Å²) >= 11 is 2.20. The number of oxime groups is 1. The molecular weight excluding hydrogens is 644 g/mol. The van der Waals surface area contributed by atoms with E-state index in [1.165, 1.54) is 29.5 Å². The molecule has 2 aromatic heterocycles. The Hall–Kier alpha value is -5.69. The third-order valence-corrected chi connectivity index (χ3v) is 8.65. The molecule has 0 spiro atoms. The Bertz CT molecular complexity index is 1810. The zero-order valence-corrected chi connectivity index (χ0v) is 25.0. The number of thioether (sulfide) groups is 1. The minimum absolute atomic E-state index is 0.0605. The van der Waals surface area contributed by atoms with Gasteiger partial charge in [-0.3, -0.25) is 14.5 Å². The number of amides is 2. The molecule has 0 aliphatic carbocycles. The van der Waals surface area contributed by atoms with Gasteiger partial charge in [-0.05, 0) is 28.8 Å². The van der Waals surface area contributed by atoms with Gasteiger partial charge in [0.05, 0.1) is 6.20 Å². The first kappa shape index (κ1) is 31.7. The second-order valence-corrected chi connectivity index (χ2v) is 11.7. The van der Waals surface area contributed by atoms with Gasteiger partial charge in [-0.25, -0.2) is 19.1 Å². The number of hydrogen-bond donors (Lipinski definition) is 7. The zero-order valence-electron chi connectivity index (χ0n) is 23.4. The van der Waals surface area contributed by atoms with Crippen LogP contribution in [0, 0.1) is 0 Å². The number of hydrogen-bond acceptors (Lipinski definition) is 14. The van der Waals surface area contributed by atoms with E-state index in [0.717, 1.165) is 28.4 Å². The van der Waals surface area contributed by atoms with E-state index in [0.29, 0.717) is 17.9 Å². The Balaban J connectivity index is 1.34. The number of allylic oxidation sites excluding steroid dienone is 2. The molecule has 3 atom stereocenters. The van der Waals surface area contributed by atoms with Crippen molar-refractivity contribution in [2.24, 2.45) is 5.16 Å². The molecule has 9 N–H and O–H groups in total. The van der Waals surface area contributed by atoms with E-state index in [9.17, 15) is 39.6 Å². The van der Waals surface area contributed by atoms with Gasteiger partial charge in [0, 0.05) is 22.8 Å². The molecule has 0 saturated carbocycles. The van der Waals surface area contributed by atoms with Crippen molar-refractivity contribution in [2.45, 2.75) is 24.1 Å². The zero-order chi connectivity index (χ0) is 33.1. The van der Waals surface area contributed by atoms with Gasteiger partial charge in [0.15, 0.2) is 22.3 Å². The van der Waals surface area contributed by atoms with E-state index in [4.69, 9.17) is 16.3 Å². The number of thiazole rings is 1. The number of carbonyl (C=O) groups excluding carboxylic acids is 2. The summed E-state index contributed by atoms with van der Waals surface area (Å²) in [6.07, 6.45) is 4.74. The van der Waals surface area contributed by atoms with Crippen LogP contribution in [0.4, 0.5) is 10.9 Å². The third-order valence-electron chi connectivity index (χ3n) is 6.67. The highest BCUT2D eigenvalue weighted by atomic mass is 32.2. The molecule has 5 rings (SSSR count). The number of anilines is 2. The fourth-order valence-corrected chi connectivity index (χ4v) is 6.32. The van der Waals surface area contributed by atoms with Crippen LogP contribution < -0.4 is 21.4 Å². The van der Waals surface area contributed by atoms with E-state index in [-0.39, 0.29) is 27.8 Å². The van der Waals surface area contributed by atoms with Crippen LogP contribution >= 0.6 is 23.1 Å². The number of nitrogens with two attached hydrogens (primary N) is 2. The molecule has 2 aliphatic heterocycles. The topological polar surface area (TPSA) is 268 Å². The average Bonchev–Trinajstić information content (AvgIpc) is 3.45. The van der Waals surface area contributed by atoms with E-state index >= 15 is 0 Å². The number of β-lactam (4-membered cyclic amide) rings is 1. The van der Waals surface area contributed by atoms with Gasteiger partial charge in [-0.15, -0.1) is 23.1 Å². The Kier molecular flexibility index (Phi) is 9.05. The van der Waals surface area contributed by atoms with Crippen molar-refractivity contribution in [2.75, 3.05) is 17.2 Å². The SMILES string of the molecule is Nc1cc[n+](C/C=C/C2=C(C(=O)O)N3C(=O)C(NC(=O)/C(=N\OC(C(=O)O)c4ccc(O)c(O)c4)c4csc(N)n4)[C@H]3SC2)cn1. The molecule has 2 unspecified atom stereocenters. The Morgan fingerprint density at radius 1 is 1.22 bits per heavy atom. The van der Waals surface area contributed by atoms with Gasteiger partial charge < -0.3 is 42.0 Å². The lowest BCUT2D eigenvalue weighted by Crippen LogP contribution is -2.71. The molecule has 19 heteroatoms. The van der Waals surface area contributed by atoms with Crippen LogP contribution in [0.2, 0.25) is 0 Å². The highest BCUT2D eigenvalue weighted by Gasteiger charge is 2.54. The Labute approximate surface area is 267 Å². The number of carbonyl (C=O) groups is 4. The number of aromatic nitrogens is 3. The van der Waals surface area contributed by atoms with Crippen LogP contribution in [0.1, 0.15) is 17.4 Å². The molecule has 1 fully saturated rings. The summed E-state index contributed by atoms with van der Waals surface area (Å²) in [4.78, 5) is 65.0. The number of carboxylic acids is 2. The highest BCUT2D eigenvalue weighted by Crippen LogP contribution is 2.40. The van der Waals surface area contributed by atoms with Crippen molar-refractivity contribution in [1.82, 2.24) is 20.2 Å². The molecule has 46 heavy (non-hydrogen) atoms. The summed E-state index contributed by atoms with van der Waals surface area (Å²) in [6, 6.07) is 3.64. The predicted octanol–water partition coefficient (Wildman–Crippen LogP) is -0.0572. The highest BCUT2D eigenvalue weighted by molar-refractivity contribution is 8.00. The van der Waals surface area contributed by atoms with Crippen LogP contribution in [0.25, 0.3) is 0 Å². The maximum atomic E-state index is 13.4. The summed E-state index contributed by atoms with van der Waals surface area (Å²) in [7, 11) is 0. The van der Waals surface area contributed by atoms with Gasteiger partial charge in [0.2, 0.25) is 11.9 Å². The first-order chi connectivity index (χ1) is 21.9. The molecule has 0 bridgehead atoms. The van der Waals surface area contributed by atoms with E-state index < -0.39 is 58.5 Å². The van der Waals surface area contributed by atoms with Crippen LogP contribution in [-0.2, 0) is 30.6 Å². The van der Waals surface area contributed by atoms with Gasteiger partial charge in [0.1, 0.15) is 29.4 Å². The van der Waals surface area contributed by atoms with E-state index in [2.05, 4.69) is 20.4 Å². The maximum absolute atomic E-state index is 13.4. The van der Waals surface area contributed by atoms with Crippen molar-refractivity contribution in [3.05, 3.63) is 76.8 Å². The fourth-order valence-electron chi connectivity index (χ4n) is 4.46. The first-order valence-corrected chi connectivity index (χ1v) is 15.1. The number of phenolic OH excluding ortho intramolecular Hbond substituents is 2. The molecular formula is C27H25N8O9S2+. The average molecular weight is 670 g/mol. The third kappa shape index (κ3) is 6.54. The fraction of sp³-hybridized carbons (Fsp3) is 0.185. The molecule has 1 aromatic carbocycles. The van der Waals surface area contributed by atoms with Crippen molar-refractivity contribution in [1.29, 1.82) is 0 Å². The molecule has 3 aromatic rings. The molecule has 17 nitrogen and oxygen atoms in total. The van der Waals surface area contributed by atoms with Crippen molar-refractivity contribution >= 4 is 63.5 Å². The second kappa shape index (κ2) is 13.1. The molecule has 1 saturated heterocycles. The number of aliphatic carboxylic acids is 2. The summed E-state index contributed by atoms with van der Waals surface area (Å²) in [5, 5.41) is 45.9. The number of rotatable bonds is 11. The largest absolute Gasteiger partial charge is 0.504 e. The Morgan fingerprint density at radius 3 is 2.63 bits per heavy atom. The summed E-state index contributed by atoms with van der Waals surface area (Å²) < 4.78 is 1.72. The maximum Gasteiger partial charge on any atom is 0.352 e. The van der Waals surface area contributed by atoms with Gasteiger partial charge in [0.25, 0.3) is 18.1 Å². The summed E-state index contributed by atoms with van der Waals surface area (Å²) in [5.74, 6) is -5.04. The number of nitrogens with one attached hydrogen (secondary N) is 1. The molecule has 238 valence electrons.